The molecule has 0 aliphatic rings. The van der Waals surface area contributed by atoms with Crippen LogP contribution in [-0.2, 0) is 20.7 Å². The van der Waals surface area contributed by atoms with Crippen molar-refractivity contribution >= 4 is 23.5 Å². The minimum Gasteiger partial charge on any atom is -0.469 e. The van der Waals surface area contributed by atoms with Crippen LogP contribution in [0.2, 0.25) is 5.02 Å². The summed E-state index contributed by atoms with van der Waals surface area (Å²) in [4.78, 5) is 28.5. The van der Waals surface area contributed by atoms with Crippen molar-refractivity contribution in [2.75, 3.05) is 39.8 Å². The predicted octanol–water partition coefficient (Wildman–Crippen LogP) is 2.86. The summed E-state index contributed by atoms with van der Waals surface area (Å²) in [5.41, 5.74) is 0.910. The summed E-state index contributed by atoms with van der Waals surface area (Å²) in [7, 11) is 1.37. The van der Waals surface area contributed by atoms with Gasteiger partial charge in [-0.15, -0.1) is 0 Å². The van der Waals surface area contributed by atoms with Gasteiger partial charge in [-0.25, -0.2) is 0 Å². The number of halogens is 1. The molecule has 0 saturated carbocycles. The van der Waals surface area contributed by atoms with Crippen molar-refractivity contribution in [3.63, 3.8) is 0 Å². The molecular weight excluding hydrogens is 340 g/mol. The molecule has 0 N–H and O–H groups in total. The molecule has 0 radical (unpaired) electrons. The molecule has 1 amide bonds. The van der Waals surface area contributed by atoms with Gasteiger partial charge in [-0.1, -0.05) is 44.5 Å². The first kappa shape index (κ1) is 21.5. The maximum absolute atomic E-state index is 12.8. The Morgan fingerprint density at radius 3 is 2.24 bits per heavy atom. The lowest BCUT2D eigenvalue weighted by molar-refractivity contribution is -0.146. The quantitative estimate of drug-likeness (QED) is 0.596. The molecule has 6 heteroatoms. The molecule has 0 spiro atoms. The van der Waals surface area contributed by atoms with Gasteiger partial charge in [0.05, 0.1) is 19.4 Å². The maximum Gasteiger partial charge on any atom is 0.310 e. The lowest BCUT2D eigenvalue weighted by Gasteiger charge is -2.28. The molecule has 0 heterocycles. The number of rotatable bonds is 10. The fourth-order valence-corrected chi connectivity index (χ4v) is 2.74. The summed E-state index contributed by atoms with van der Waals surface area (Å²) in [6.07, 6.45) is 0.295. The second-order valence-electron chi connectivity index (χ2n) is 6.09. The molecule has 1 aromatic rings. The maximum atomic E-state index is 12.8. The number of carbonyl (C=O) groups is 2. The standard InChI is InChI=1S/C19H29ClN2O3/c1-5-21(6-2)11-12-22(14-15(3)19(24)25-4)18(23)13-16-7-9-17(20)10-8-16/h7-10,15H,5-6,11-14H2,1-4H3. The minimum absolute atomic E-state index is 0.00484. The van der Waals surface area contributed by atoms with Crippen LogP contribution in [0.3, 0.4) is 0 Å². The monoisotopic (exact) mass is 368 g/mol. The molecule has 0 aromatic heterocycles. The number of hydrogen-bond acceptors (Lipinski definition) is 4. The number of carbonyl (C=O) groups excluding carboxylic acids is 2. The van der Waals surface area contributed by atoms with Crippen LogP contribution in [0.15, 0.2) is 24.3 Å². The zero-order chi connectivity index (χ0) is 18.8. The van der Waals surface area contributed by atoms with Crippen LogP contribution >= 0.6 is 11.6 Å². The highest BCUT2D eigenvalue weighted by Crippen LogP contribution is 2.12. The van der Waals surface area contributed by atoms with Crippen LogP contribution in [0.25, 0.3) is 0 Å². The largest absolute Gasteiger partial charge is 0.469 e. The van der Waals surface area contributed by atoms with Crippen LogP contribution in [0.5, 0.6) is 0 Å². The molecule has 0 saturated heterocycles. The molecule has 140 valence electrons. The average Bonchev–Trinajstić information content (AvgIpc) is 2.62. The number of likely N-dealkylation sites (N-methyl/N-ethyl adjacent to an activating group) is 1. The van der Waals surface area contributed by atoms with Crippen molar-refractivity contribution in [1.82, 2.24) is 9.80 Å². The Labute approximate surface area is 155 Å². The first-order valence-electron chi connectivity index (χ1n) is 8.73. The molecule has 25 heavy (non-hydrogen) atoms. The molecule has 0 aliphatic heterocycles. The van der Waals surface area contributed by atoms with E-state index in [0.717, 1.165) is 25.2 Å². The predicted molar refractivity (Wildman–Crippen MR) is 101 cm³/mol. The molecular formula is C19H29ClN2O3. The minimum atomic E-state index is -0.351. The van der Waals surface area contributed by atoms with Crippen molar-refractivity contribution in [2.24, 2.45) is 5.92 Å². The van der Waals surface area contributed by atoms with Gasteiger partial charge in [0.15, 0.2) is 0 Å². The summed E-state index contributed by atoms with van der Waals surface area (Å²) in [5, 5.41) is 0.647. The summed E-state index contributed by atoms with van der Waals surface area (Å²) in [5.74, 6) is -0.645. The lowest BCUT2D eigenvalue weighted by atomic mass is 10.1. The number of methoxy groups -OCH3 is 1. The van der Waals surface area contributed by atoms with Crippen LogP contribution < -0.4 is 0 Å². The first-order chi connectivity index (χ1) is 11.9. The van der Waals surface area contributed by atoms with E-state index in [4.69, 9.17) is 16.3 Å². The van der Waals surface area contributed by atoms with E-state index in [1.54, 1.807) is 24.0 Å². The van der Waals surface area contributed by atoms with E-state index in [2.05, 4.69) is 18.7 Å². The van der Waals surface area contributed by atoms with Crippen LogP contribution in [-0.4, -0.2) is 61.5 Å². The molecule has 1 atom stereocenters. The highest BCUT2D eigenvalue weighted by Gasteiger charge is 2.22. The summed E-state index contributed by atoms with van der Waals surface area (Å²) in [6.45, 7) is 9.58. The number of benzene rings is 1. The number of amides is 1. The zero-order valence-corrected chi connectivity index (χ0v) is 16.4. The van der Waals surface area contributed by atoms with Crippen molar-refractivity contribution in [1.29, 1.82) is 0 Å². The number of esters is 1. The first-order valence-corrected chi connectivity index (χ1v) is 9.11. The van der Waals surface area contributed by atoms with E-state index < -0.39 is 0 Å². The Bertz CT molecular complexity index is 544. The van der Waals surface area contributed by atoms with E-state index in [1.165, 1.54) is 7.11 Å². The molecule has 1 aromatic carbocycles. The van der Waals surface area contributed by atoms with Gasteiger partial charge in [0, 0.05) is 24.7 Å². The van der Waals surface area contributed by atoms with Crippen molar-refractivity contribution in [3.8, 4) is 0 Å². The Kier molecular flexibility index (Phi) is 9.53. The molecule has 0 aliphatic carbocycles. The topological polar surface area (TPSA) is 49.9 Å². The van der Waals surface area contributed by atoms with E-state index in [9.17, 15) is 9.59 Å². The third-order valence-corrected chi connectivity index (χ3v) is 4.55. The Hall–Kier alpha value is -1.59. The second kappa shape index (κ2) is 11.1. The fourth-order valence-electron chi connectivity index (χ4n) is 2.61. The van der Waals surface area contributed by atoms with Crippen LogP contribution in [0.4, 0.5) is 0 Å². The normalized spacial score (nSPS) is 12.1. The lowest BCUT2D eigenvalue weighted by Crippen LogP contribution is -2.42. The molecule has 5 nitrogen and oxygen atoms in total. The Morgan fingerprint density at radius 1 is 1.12 bits per heavy atom. The zero-order valence-electron chi connectivity index (χ0n) is 15.6. The van der Waals surface area contributed by atoms with Gasteiger partial charge in [-0.3, -0.25) is 9.59 Å². The van der Waals surface area contributed by atoms with Gasteiger partial charge in [0.25, 0.3) is 0 Å². The molecule has 0 bridgehead atoms. The van der Waals surface area contributed by atoms with Crippen molar-refractivity contribution in [3.05, 3.63) is 34.9 Å². The van der Waals surface area contributed by atoms with Crippen LogP contribution in [0.1, 0.15) is 26.3 Å². The Balaban J connectivity index is 2.78. The molecule has 1 rings (SSSR count). The molecule has 1 unspecified atom stereocenters. The number of ether oxygens (including phenoxy) is 1. The summed E-state index contributed by atoms with van der Waals surface area (Å²) in [6, 6.07) is 7.27. The van der Waals surface area contributed by atoms with E-state index >= 15 is 0 Å². The SMILES string of the molecule is CCN(CC)CCN(CC(C)C(=O)OC)C(=O)Cc1ccc(Cl)cc1. The van der Waals surface area contributed by atoms with E-state index in [1.807, 2.05) is 12.1 Å². The van der Waals surface area contributed by atoms with Gasteiger partial charge < -0.3 is 14.5 Å². The third-order valence-electron chi connectivity index (χ3n) is 4.30. The molecule has 0 fully saturated rings. The second-order valence-corrected chi connectivity index (χ2v) is 6.53. The summed E-state index contributed by atoms with van der Waals surface area (Å²) >= 11 is 5.89. The van der Waals surface area contributed by atoms with Gasteiger partial charge in [-0.2, -0.15) is 0 Å². The number of nitrogens with zero attached hydrogens (tertiary/aromatic N) is 2. The number of hydrogen-bond donors (Lipinski definition) is 0. The van der Waals surface area contributed by atoms with Crippen molar-refractivity contribution < 1.29 is 14.3 Å². The summed E-state index contributed by atoms with van der Waals surface area (Å²) < 4.78 is 4.79. The van der Waals surface area contributed by atoms with Gasteiger partial charge in [0.1, 0.15) is 0 Å². The van der Waals surface area contributed by atoms with Gasteiger partial charge in [0.2, 0.25) is 5.91 Å². The highest BCUT2D eigenvalue weighted by atomic mass is 35.5. The third kappa shape index (κ3) is 7.45. The fraction of sp³-hybridized carbons (Fsp3) is 0.579. The van der Waals surface area contributed by atoms with Gasteiger partial charge >= 0.3 is 5.97 Å². The van der Waals surface area contributed by atoms with E-state index in [0.29, 0.717) is 24.5 Å². The van der Waals surface area contributed by atoms with Gasteiger partial charge in [-0.05, 0) is 30.8 Å². The highest BCUT2D eigenvalue weighted by molar-refractivity contribution is 6.30. The van der Waals surface area contributed by atoms with E-state index in [-0.39, 0.29) is 17.8 Å². The van der Waals surface area contributed by atoms with Crippen molar-refractivity contribution in [2.45, 2.75) is 27.2 Å². The Morgan fingerprint density at radius 2 is 1.72 bits per heavy atom. The van der Waals surface area contributed by atoms with Crippen LogP contribution in [0, 0.1) is 5.92 Å². The smallest absolute Gasteiger partial charge is 0.310 e. The average molecular weight is 369 g/mol.